The molecule has 398 valence electrons. The molecule has 2 aromatic heterocycles. The zero-order chi connectivity index (χ0) is 53.2. The average Bonchev–Trinajstić information content (AvgIpc) is 4.25. The van der Waals surface area contributed by atoms with Gasteiger partial charge >= 0.3 is 0 Å². The molecule has 0 spiro atoms. The summed E-state index contributed by atoms with van der Waals surface area (Å²) in [6, 6.07) is 13.5. The standard InChI is InChI=1S/C22H25F3N2O3.C18H26N2O2.C16H24N2O2S/c1-14-12-16(23)19(25)20(18(14)24)30-13-17(28)22(2,10-6-7-11-26)27-21(29)15-8-4-3-5-9-15;1-2-3-4-12-16(17(21)15-11-7-8-13-19-15)20-18(22)14-9-5-6-10-14;1-2-3-4-9-13(14(19)16-17-10-11-21-16)18-15(20)12-7-5-6-8-12/h3-5,8-9,12H,6-7,10-11,13,26H2,1-2H3,(H,27,29);7-8,11,13-14,16H,2-6,9-10,12H2,1H3,(H,20,22);10-13H,2-9H2,1H3,(H,18,20). The van der Waals surface area contributed by atoms with Crippen molar-refractivity contribution < 1.29 is 46.7 Å². The Morgan fingerprint density at radius 2 is 1.32 bits per heavy atom. The minimum Gasteiger partial charge on any atom is -0.479 e. The molecular formula is C56H75F3N6O7S. The number of halogens is 3. The minimum atomic E-state index is -1.51. The summed E-state index contributed by atoms with van der Waals surface area (Å²) in [6.07, 6.45) is 20.6. The number of hydrogen-bond donors (Lipinski definition) is 4. The molecule has 3 atom stereocenters. The number of hydrogen-bond acceptors (Lipinski definition) is 11. The van der Waals surface area contributed by atoms with Gasteiger partial charge in [0.05, 0.1) is 17.6 Å². The van der Waals surface area contributed by atoms with Crippen LogP contribution in [0.5, 0.6) is 5.75 Å². The first-order valence-corrected chi connectivity index (χ1v) is 26.9. The second-order valence-corrected chi connectivity index (χ2v) is 20.0. The van der Waals surface area contributed by atoms with Gasteiger partial charge in [-0.3, -0.25) is 33.8 Å². The zero-order valence-corrected chi connectivity index (χ0v) is 43.8. The van der Waals surface area contributed by atoms with Gasteiger partial charge in [-0.25, -0.2) is 13.8 Å². The van der Waals surface area contributed by atoms with Crippen molar-refractivity contribution in [3.05, 3.63) is 112 Å². The van der Waals surface area contributed by atoms with E-state index in [1.54, 1.807) is 60.2 Å². The van der Waals surface area contributed by atoms with E-state index in [0.717, 1.165) is 89.9 Å². The lowest BCUT2D eigenvalue weighted by Gasteiger charge is -2.29. The first-order chi connectivity index (χ1) is 35.1. The lowest BCUT2D eigenvalue weighted by molar-refractivity contribution is -0.127. The number of benzene rings is 2. The Balaban J connectivity index is 0.000000242. The topological polar surface area (TPSA) is 200 Å². The lowest BCUT2D eigenvalue weighted by Crippen LogP contribution is -2.54. The van der Waals surface area contributed by atoms with E-state index >= 15 is 0 Å². The molecule has 5 N–H and O–H groups in total. The summed E-state index contributed by atoms with van der Waals surface area (Å²) >= 11 is 1.35. The van der Waals surface area contributed by atoms with Crippen molar-refractivity contribution in [3.63, 3.8) is 0 Å². The fourth-order valence-electron chi connectivity index (χ4n) is 8.80. The number of pyridine rings is 1. The smallest absolute Gasteiger partial charge is 0.252 e. The third kappa shape index (κ3) is 19.2. The Hall–Kier alpha value is -5.81. The number of amides is 3. The van der Waals surface area contributed by atoms with Crippen LogP contribution in [0.2, 0.25) is 0 Å². The molecule has 0 aliphatic heterocycles. The van der Waals surface area contributed by atoms with Crippen LogP contribution in [-0.2, 0) is 14.4 Å². The molecule has 3 unspecified atom stereocenters. The summed E-state index contributed by atoms with van der Waals surface area (Å²) < 4.78 is 46.7. The summed E-state index contributed by atoms with van der Waals surface area (Å²) in [4.78, 5) is 83.4. The number of aromatic nitrogens is 2. The van der Waals surface area contributed by atoms with E-state index in [2.05, 4.69) is 39.8 Å². The summed E-state index contributed by atoms with van der Waals surface area (Å²) in [5, 5.41) is 11.0. The number of nitrogens with zero attached hydrogens (tertiary/aromatic N) is 2. The highest BCUT2D eigenvalue weighted by Crippen LogP contribution is 2.29. The minimum absolute atomic E-state index is 0.0348. The largest absolute Gasteiger partial charge is 0.479 e. The van der Waals surface area contributed by atoms with E-state index < -0.39 is 59.1 Å². The lowest BCUT2D eigenvalue weighted by atomic mass is 9.89. The molecule has 2 aromatic carbocycles. The van der Waals surface area contributed by atoms with Crippen molar-refractivity contribution >= 4 is 46.4 Å². The van der Waals surface area contributed by atoms with Crippen molar-refractivity contribution in [1.29, 1.82) is 0 Å². The summed E-state index contributed by atoms with van der Waals surface area (Å²) in [5.74, 6) is -5.73. The SMILES string of the molecule is CCCCCC(NC(=O)C1CCCC1)C(=O)c1ccccn1.CCCCCC(NC(=O)C1CCCC1)C(=O)c1nccs1.Cc1cc(F)c(F)c(OCC(=O)C(C)(CCCCN)NC(=O)c2ccccc2)c1F. The number of Topliss-reactive ketones (excluding diaryl/α,β-unsaturated/α-hetero) is 3. The normalized spacial score (nSPS) is 15.1. The van der Waals surface area contributed by atoms with Gasteiger partial charge in [0.2, 0.25) is 29.2 Å². The molecular weight excluding hydrogens is 958 g/mol. The summed E-state index contributed by atoms with van der Waals surface area (Å²) in [5.41, 5.74) is 4.79. The third-order valence-electron chi connectivity index (χ3n) is 13.3. The quantitative estimate of drug-likeness (QED) is 0.0267. The highest BCUT2D eigenvalue weighted by atomic mass is 32.1. The molecule has 0 radical (unpaired) electrons. The monoisotopic (exact) mass is 1030 g/mol. The van der Waals surface area contributed by atoms with E-state index in [0.29, 0.717) is 54.6 Å². The molecule has 0 saturated heterocycles. The highest BCUT2D eigenvalue weighted by Gasteiger charge is 2.36. The number of unbranched alkanes of at least 4 members (excludes halogenated alkanes) is 5. The molecule has 3 amide bonds. The number of nitrogens with one attached hydrogen (secondary N) is 3. The Morgan fingerprint density at radius 1 is 0.740 bits per heavy atom. The summed E-state index contributed by atoms with van der Waals surface area (Å²) in [6.45, 7) is 6.70. The molecule has 73 heavy (non-hydrogen) atoms. The van der Waals surface area contributed by atoms with Gasteiger partial charge in [-0.2, -0.15) is 4.39 Å². The van der Waals surface area contributed by atoms with Crippen molar-refractivity contribution in [1.82, 2.24) is 25.9 Å². The van der Waals surface area contributed by atoms with E-state index in [4.69, 9.17) is 10.5 Å². The Bertz CT molecular complexity index is 2320. The second-order valence-electron chi connectivity index (χ2n) is 19.1. The van der Waals surface area contributed by atoms with Crippen LogP contribution in [0.1, 0.15) is 179 Å². The number of ether oxygens (including phenoxy) is 1. The van der Waals surface area contributed by atoms with Crippen molar-refractivity contribution in [2.24, 2.45) is 17.6 Å². The first-order valence-electron chi connectivity index (χ1n) is 26.0. The molecule has 4 aromatic rings. The van der Waals surface area contributed by atoms with Crippen molar-refractivity contribution in [2.75, 3.05) is 13.2 Å². The van der Waals surface area contributed by atoms with Crippen molar-refractivity contribution in [3.8, 4) is 5.75 Å². The highest BCUT2D eigenvalue weighted by molar-refractivity contribution is 7.11. The number of carbonyl (C=O) groups excluding carboxylic acids is 6. The van der Waals surface area contributed by atoms with Gasteiger partial charge in [0.1, 0.15) is 12.3 Å². The second kappa shape index (κ2) is 31.7. The van der Waals surface area contributed by atoms with E-state index in [-0.39, 0.29) is 47.2 Å². The maximum atomic E-state index is 14.1. The Morgan fingerprint density at radius 3 is 1.84 bits per heavy atom. The molecule has 13 nitrogen and oxygen atoms in total. The Labute approximate surface area is 432 Å². The first kappa shape index (κ1) is 59.8. The maximum Gasteiger partial charge on any atom is 0.252 e. The Kier molecular flexibility index (Phi) is 26.0. The van der Waals surface area contributed by atoms with Crippen LogP contribution in [0.25, 0.3) is 0 Å². The molecule has 2 saturated carbocycles. The number of nitrogens with two attached hydrogens (primary N) is 1. The van der Waals surface area contributed by atoms with Crippen LogP contribution in [0.4, 0.5) is 13.2 Å². The van der Waals surface area contributed by atoms with Gasteiger partial charge < -0.3 is 26.4 Å². The van der Waals surface area contributed by atoms with E-state index in [1.165, 1.54) is 25.2 Å². The predicted octanol–water partition coefficient (Wildman–Crippen LogP) is 10.8. The number of ketones is 3. The van der Waals surface area contributed by atoms with Gasteiger partial charge in [-0.1, -0.05) is 102 Å². The molecule has 2 heterocycles. The third-order valence-corrected chi connectivity index (χ3v) is 14.1. The van der Waals surface area contributed by atoms with Crippen molar-refractivity contribution in [2.45, 2.75) is 167 Å². The molecule has 17 heteroatoms. The average molecular weight is 1030 g/mol. The van der Waals surface area contributed by atoms with E-state index in [1.807, 2.05) is 6.07 Å². The molecule has 2 fully saturated rings. The number of thiazole rings is 1. The molecule has 2 aliphatic carbocycles. The maximum absolute atomic E-state index is 14.1. The van der Waals surface area contributed by atoms with Crippen LogP contribution < -0.4 is 26.4 Å². The van der Waals surface area contributed by atoms with Crippen LogP contribution in [0.3, 0.4) is 0 Å². The number of aryl methyl sites for hydroxylation is 1. The molecule has 2 aliphatic rings. The van der Waals surface area contributed by atoms with Crippen LogP contribution in [0, 0.1) is 36.2 Å². The van der Waals surface area contributed by atoms with Gasteiger partial charge in [0.25, 0.3) is 5.91 Å². The fourth-order valence-corrected chi connectivity index (χ4v) is 9.43. The van der Waals surface area contributed by atoms with Crippen LogP contribution in [-0.4, -0.2) is 75.8 Å². The predicted molar refractivity (Wildman–Crippen MR) is 278 cm³/mol. The van der Waals surface area contributed by atoms with Crippen LogP contribution >= 0.6 is 11.3 Å². The number of rotatable bonds is 26. The molecule has 6 rings (SSSR count). The van der Waals surface area contributed by atoms with Gasteiger partial charge in [-0.15, -0.1) is 11.3 Å². The van der Waals surface area contributed by atoms with E-state index in [9.17, 15) is 41.9 Å². The van der Waals surface area contributed by atoms with Gasteiger partial charge in [-0.05, 0) is 114 Å². The van der Waals surface area contributed by atoms with Gasteiger partial charge in [0.15, 0.2) is 28.2 Å². The van der Waals surface area contributed by atoms with Crippen LogP contribution in [0.15, 0.2) is 72.4 Å². The number of carbonyl (C=O) groups is 6. The molecule has 0 bridgehead atoms. The zero-order valence-electron chi connectivity index (χ0n) is 43.0. The fraction of sp³-hybridized carbons (Fsp3) is 0.536. The summed E-state index contributed by atoms with van der Waals surface area (Å²) in [7, 11) is 0. The van der Waals surface area contributed by atoms with Gasteiger partial charge in [0, 0.05) is 35.2 Å².